The van der Waals surface area contributed by atoms with Crippen molar-refractivity contribution >= 4 is 34.8 Å². The molecule has 0 saturated heterocycles. The van der Waals surface area contributed by atoms with Crippen molar-refractivity contribution in [3.8, 4) is 5.75 Å². The lowest BCUT2D eigenvalue weighted by molar-refractivity contribution is -0.117. The Morgan fingerprint density at radius 2 is 1.45 bits per heavy atom. The van der Waals surface area contributed by atoms with Crippen molar-refractivity contribution in [3.63, 3.8) is 0 Å². The van der Waals surface area contributed by atoms with E-state index in [2.05, 4.69) is 5.32 Å². The van der Waals surface area contributed by atoms with Crippen molar-refractivity contribution in [1.29, 1.82) is 0 Å². The number of carbonyl (C=O) groups excluding carboxylic acids is 1. The van der Waals surface area contributed by atoms with Gasteiger partial charge in [0.2, 0.25) is 5.91 Å². The number of benzene rings is 3. The van der Waals surface area contributed by atoms with Gasteiger partial charge in [-0.2, -0.15) is 0 Å². The van der Waals surface area contributed by atoms with Gasteiger partial charge in [-0.05, 0) is 73.0 Å². The van der Waals surface area contributed by atoms with Crippen LogP contribution in [0.2, 0.25) is 10.0 Å². The monoisotopic (exact) mass is 425 g/mol. The molecule has 3 aromatic rings. The zero-order valence-electron chi connectivity index (χ0n) is 16.0. The van der Waals surface area contributed by atoms with E-state index in [0.29, 0.717) is 16.7 Å². The molecule has 1 unspecified atom stereocenters. The first-order valence-electron chi connectivity index (χ1n) is 9.59. The second-order valence-electron chi connectivity index (χ2n) is 7.19. The first-order chi connectivity index (χ1) is 14.0. The predicted octanol–water partition coefficient (Wildman–Crippen LogP) is 6.34. The van der Waals surface area contributed by atoms with Gasteiger partial charge in [0.05, 0.1) is 12.5 Å². The SMILES string of the molecule is CCOc1ccc(NC(=O)C2CC2(c2ccc(Cl)cc2)c2ccc(Cl)cc2)cc1. The van der Waals surface area contributed by atoms with E-state index in [1.165, 1.54) is 0 Å². The number of halogens is 2. The summed E-state index contributed by atoms with van der Waals surface area (Å²) in [4.78, 5) is 13.1. The molecule has 1 atom stereocenters. The number of carbonyl (C=O) groups is 1. The molecule has 5 heteroatoms. The van der Waals surface area contributed by atoms with Gasteiger partial charge in [0.25, 0.3) is 0 Å². The van der Waals surface area contributed by atoms with Gasteiger partial charge < -0.3 is 10.1 Å². The Morgan fingerprint density at radius 3 is 1.93 bits per heavy atom. The lowest BCUT2D eigenvalue weighted by atomic mass is 9.85. The van der Waals surface area contributed by atoms with Gasteiger partial charge >= 0.3 is 0 Å². The zero-order valence-corrected chi connectivity index (χ0v) is 17.5. The van der Waals surface area contributed by atoms with Crippen LogP contribution in [0.4, 0.5) is 5.69 Å². The molecule has 1 fully saturated rings. The number of hydrogen-bond acceptors (Lipinski definition) is 2. The summed E-state index contributed by atoms with van der Waals surface area (Å²) >= 11 is 12.2. The molecular formula is C24H21Cl2NO2. The number of anilines is 1. The van der Waals surface area contributed by atoms with Crippen molar-refractivity contribution in [2.24, 2.45) is 5.92 Å². The minimum absolute atomic E-state index is 0.000870. The van der Waals surface area contributed by atoms with Crippen molar-refractivity contribution in [1.82, 2.24) is 0 Å². The predicted molar refractivity (Wildman–Crippen MR) is 118 cm³/mol. The third-order valence-corrected chi connectivity index (χ3v) is 5.93. The van der Waals surface area contributed by atoms with Gasteiger partial charge in [-0.1, -0.05) is 47.5 Å². The van der Waals surface area contributed by atoms with Crippen molar-refractivity contribution in [2.45, 2.75) is 18.8 Å². The lowest BCUT2D eigenvalue weighted by Gasteiger charge is -2.19. The van der Waals surface area contributed by atoms with Gasteiger partial charge in [0, 0.05) is 21.1 Å². The average Bonchev–Trinajstić information content (AvgIpc) is 3.48. The van der Waals surface area contributed by atoms with Crippen LogP contribution in [0.5, 0.6) is 5.75 Å². The fourth-order valence-electron chi connectivity index (χ4n) is 3.91. The molecule has 1 amide bonds. The van der Waals surface area contributed by atoms with Gasteiger partial charge in [-0.25, -0.2) is 0 Å². The zero-order chi connectivity index (χ0) is 20.4. The molecule has 0 radical (unpaired) electrons. The van der Waals surface area contributed by atoms with Gasteiger partial charge in [-0.15, -0.1) is 0 Å². The van der Waals surface area contributed by atoms with Crippen LogP contribution in [-0.4, -0.2) is 12.5 Å². The van der Waals surface area contributed by atoms with Crippen LogP contribution in [0.25, 0.3) is 0 Å². The first kappa shape index (κ1) is 19.8. The van der Waals surface area contributed by atoms with Gasteiger partial charge in [0.1, 0.15) is 5.75 Å². The van der Waals surface area contributed by atoms with Crippen LogP contribution in [0.1, 0.15) is 24.5 Å². The Kier molecular flexibility index (Phi) is 5.53. The molecule has 0 aromatic heterocycles. The molecule has 1 aliphatic carbocycles. The summed E-state index contributed by atoms with van der Waals surface area (Å²) in [6.45, 7) is 2.55. The molecule has 1 saturated carbocycles. The highest BCUT2D eigenvalue weighted by Crippen LogP contribution is 2.59. The van der Waals surface area contributed by atoms with Gasteiger partial charge in [0.15, 0.2) is 0 Å². The summed E-state index contributed by atoms with van der Waals surface area (Å²) < 4.78 is 5.46. The van der Waals surface area contributed by atoms with E-state index >= 15 is 0 Å². The molecule has 0 aliphatic heterocycles. The van der Waals surface area contributed by atoms with Crippen molar-refractivity contribution in [2.75, 3.05) is 11.9 Å². The molecule has 0 bridgehead atoms. The normalized spacial score (nSPS) is 16.9. The van der Waals surface area contributed by atoms with E-state index in [1.807, 2.05) is 79.7 Å². The van der Waals surface area contributed by atoms with Crippen LogP contribution >= 0.6 is 23.2 Å². The Labute approximate surface area is 180 Å². The summed E-state index contributed by atoms with van der Waals surface area (Å²) in [7, 11) is 0. The Balaban J connectivity index is 1.60. The maximum Gasteiger partial charge on any atom is 0.228 e. The molecule has 4 rings (SSSR count). The number of rotatable bonds is 6. The third kappa shape index (κ3) is 3.98. The maximum absolute atomic E-state index is 13.1. The lowest BCUT2D eigenvalue weighted by Crippen LogP contribution is -2.22. The van der Waals surface area contributed by atoms with Crippen molar-refractivity contribution in [3.05, 3.63) is 94.0 Å². The van der Waals surface area contributed by atoms with E-state index in [1.54, 1.807) is 0 Å². The maximum atomic E-state index is 13.1. The fraction of sp³-hybridized carbons (Fsp3) is 0.208. The van der Waals surface area contributed by atoms with E-state index in [0.717, 1.165) is 29.0 Å². The second kappa shape index (κ2) is 8.10. The minimum atomic E-state index is -0.371. The molecular weight excluding hydrogens is 405 g/mol. The Morgan fingerprint density at radius 1 is 0.931 bits per heavy atom. The molecule has 3 nitrogen and oxygen atoms in total. The minimum Gasteiger partial charge on any atom is -0.494 e. The van der Waals surface area contributed by atoms with E-state index in [4.69, 9.17) is 27.9 Å². The molecule has 0 spiro atoms. The molecule has 1 aliphatic rings. The molecule has 148 valence electrons. The van der Waals surface area contributed by atoms with E-state index in [9.17, 15) is 4.79 Å². The second-order valence-corrected chi connectivity index (χ2v) is 8.06. The van der Waals surface area contributed by atoms with E-state index in [-0.39, 0.29) is 17.2 Å². The number of nitrogens with one attached hydrogen (secondary N) is 1. The standard InChI is InChI=1S/C24H21Cl2NO2/c1-2-29-21-13-11-20(12-14-21)27-23(28)22-15-24(22,16-3-7-18(25)8-4-16)17-5-9-19(26)10-6-17/h3-14,22H,2,15H2,1H3,(H,27,28). The highest BCUT2D eigenvalue weighted by molar-refractivity contribution is 6.30. The quantitative estimate of drug-likeness (QED) is 0.500. The summed E-state index contributed by atoms with van der Waals surface area (Å²) in [5.74, 6) is 0.615. The van der Waals surface area contributed by atoms with Gasteiger partial charge in [-0.3, -0.25) is 4.79 Å². The third-order valence-electron chi connectivity index (χ3n) is 5.43. The van der Waals surface area contributed by atoms with Crippen molar-refractivity contribution < 1.29 is 9.53 Å². The molecule has 3 aromatic carbocycles. The number of amides is 1. The molecule has 1 N–H and O–H groups in total. The van der Waals surface area contributed by atoms with Crippen LogP contribution in [0.15, 0.2) is 72.8 Å². The molecule has 0 heterocycles. The fourth-order valence-corrected chi connectivity index (χ4v) is 4.16. The smallest absolute Gasteiger partial charge is 0.228 e. The van der Waals surface area contributed by atoms with Crippen LogP contribution in [0, 0.1) is 5.92 Å². The van der Waals surface area contributed by atoms with Crippen LogP contribution < -0.4 is 10.1 Å². The number of hydrogen-bond donors (Lipinski definition) is 1. The summed E-state index contributed by atoms with van der Waals surface area (Å²) in [6.07, 6.45) is 0.735. The van der Waals surface area contributed by atoms with E-state index < -0.39 is 0 Å². The topological polar surface area (TPSA) is 38.3 Å². The Hall–Kier alpha value is -2.49. The first-order valence-corrected chi connectivity index (χ1v) is 10.3. The molecule has 29 heavy (non-hydrogen) atoms. The summed E-state index contributed by atoms with van der Waals surface area (Å²) in [6, 6.07) is 22.9. The van der Waals surface area contributed by atoms with Crippen LogP contribution in [-0.2, 0) is 10.2 Å². The highest BCUT2D eigenvalue weighted by atomic mass is 35.5. The highest BCUT2D eigenvalue weighted by Gasteiger charge is 2.60. The summed E-state index contributed by atoms with van der Waals surface area (Å²) in [5.41, 5.74) is 2.54. The Bertz CT molecular complexity index is 953. The summed E-state index contributed by atoms with van der Waals surface area (Å²) in [5, 5.41) is 4.40. The van der Waals surface area contributed by atoms with Crippen LogP contribution in [0.3, 0.4) is 0 Å². The number of ether oxygens (including phenoxy) is 1. The average molecular weight is 426 g/mol. The largest absolute Gasteiger partial charge is 0.494 e.